The molecule has 0 spiro atoms. The van der Waals surface area contributed by atoms with Crippen LogP contribution in [0.2, 0.25) is 0 Å². The van der Waals surface area contributed by atoms with Crippen LogP contribution in [0.5, 0.6) is 0 Å². The Hall–Kier alpha value is -1.94. The van der Waals surface area contributed by atoms with Crippen molar-refractivity contribution in [2.75, 3.05) is 0 Å². The molecule has 88 valence electrons. The minimum Gasteiger partial charge on any atom is -0.295 e. The number of benzene rings is 1. The van der Waals surface area contributed by atoms with Gasteiger partial charge in [-0.05, 0) is 25.0 Å². The summed E-state index contributed by atoms with van der Waals surface area (Å²) in [6, 6.07) is 8.80. The number of amides is 1. The average Bonchev–Trinajstić information content (AvgIpc) is 2.38. The highest BCUT2D eigenvalue weighted by Crippen LogP contribution is 2.18. The minimum absolute atomic E-state index is 0.0301. The van der Waals surface area contributed by atoms with Gasteiger partial charge in [0.2, 0.25) is 0 Å². The number of nitrogens with zero attached hydrogens (tertiary/aromatic N) is 1. The van der Waals surface area contributed by atoms with Gasteiger partial charge in [-0.15, -0.1) is 0 Å². The second kappa shape index (κ2) is 4.93. The van der Waals surface area contributed by atoms with Gasteiger partial charge in [-0.3, -0.25) is 9.59 Å². The maximum atomic E-state index is 12.0. The molecule has 1 amide bonds. The zero-order chi connectivity index (χ0) is 12.3. The average molecular weight is 230 g/mol. The molecule has 0 saturated heterocycles. The van der Waals surface area contributed by atoms with Crippen molar-refractivity contribution < 1.29 is 9.59 Å². The van der Waals surface area contributed by atoms with Crippen LogP contribution in [0.4, 0.5) is 0 Å². The molecule has 17 heavy (non-hydrogen) atoms. The second-order valence-corrected chi connectivity index (χ2v) is 4.00. The molecule has 0 bridgehead atoms. The molecule has 1 aromatic rings. The van der Waals surface area contributed by atoms with Crippen LogP contribution >= 0.6 is 0 Å². The van der Waals surface area contributed by atoms with E-state index < -0.39 is 0 Å². The summed E-state index contributed by atoms with van der Waals surface area (Å²) < 4.78 is 0. The van der Waals surface area contributed by atoms with E-state index in [4.69, 9.17) is 5.84 Å². The molecule has 4 heteroatoms. The maximum Gasteiger partial charge on any atom is 0.272 e. The van der Waals surface area contributed by atoms with Crippen LogP contribution in [0.3, 0.4) is 0 Å². The molecular formula is C13H14N2O2. The fraction of sp³-hybridized carbons (Fsp3) is 0.231. The van der Waals surface area contributed by atoms with E-state index in [0.29, 0.717) is 24.1 Å². The molecule has 0 heterocycles. The van der Waals surface area contributed by atoms with Gasteiger partial charge < -0.3 is 0 Å². The normalized spacial score (nSPS) is 15.4. The molecular weight excluding hydrogens is 216 g/mol. The lowest BCUT2D eigenvalue weighted by atomic mass is 10.0. The standard InChI is InChI=1S/C13H14N2O2/c14-15(11-7-4-8-12(16)9-11)13(17)10-5-2-1-3-6-10/h1-3,5-6,9H,4,7-8,14H2. The second-order valence-electron chi connectivity index (χ2n) is 4.00. The van der Waals surface area contributed by atoms with Gasteiger partial charge >= 0.3 is 0 Å². The first-order valence-corrected chi connectivity index (χ1v) is 5.56. The van der Waals surface area contributed by atoms with E-state index in [-0.39, 0.29) is 11.7 Å². The molecule has 1 aromatic carbocycles. The van der Waals surface area contributed by atoms with Crippen LogP contribution in [-0.2, 0) is 4.79 Å². The molecule has 1 aliphatic rings. The first-order chi connectivity index (χ1) is 8.18. The fourth-order valence-corrected chi connectivity index (χ4v) is 1.81. The Kier molecular flexibility index (Phi) is 3.35. The van der Waals surface area contributed by atoms with Gasteiger partial charge in [0.15, 0.2) is 5.78 Å². The predicted octanol–water partition coefficient (Wildman–Crippen LogP) is 1.64. The summed E-state index contributed by atoms with van der Waals surface area (Å²) in [4.78, 5) is 23.3. The summed E-state index contributed by atoms with van der Waals surface area (Å²) in [7, 11) is 0. The predicted molar refractivity (Wildman–Crippen MR) is 63.7 cm³/mol. The smallest absolute Gasteiger partial charge is 0.272 e. The van der Waals surface area contributed by atoms with Gasteiger partial charge in [0.25, 0.3) is 5.91 Å². The van der Waals surface area contributed by atoms with Crippen LogP contribution in [0.15, 0.2) is 42.1 Å². The van der Waals surface area contributed by atoms with Crippen LogP contribution in [0, 0.1) is 0 Å². The van der Waals surface area contributed by atoms with Crippen LogP contribution < -0.4 is 5.84 Å². The molecule has 0 unspecified atom stereocenters. The van der Waals surface area contributed by atoms with Crippen molar-refractivity contribution in [1.82, 2.24) is 5.01 Å². The number of allylic oxidation sites excluding steroid dienone is 2. The highest BCUT2D eigenvalue weighted by molar-refractivity contribution is 5.97. The molecule has 0 aromatic heterocycles. The molecule has 1 aliphatic carbocycles. The van der Waals surface area contributed by atoms with Gasteiger partial charge in [-0.1, -0.05) is 18.2 Å². The van der Waals surface area contributed by atoms with Crippen molar-refractivity contribution in [2.45, 2.75) is 19.3 Å². The Labute approximate surface area is 99.7 Å². The van der Waals surface area contributed by atoms with Crippen molar-refractivity contribution in [2.24, 2.45) is 5.84 Å². The van der Waals surface area contributed by atoms with Crippen molar-refractivity contribution >= 4 is 11.7 Å². The lowest BCUT2D eigenvalue weighted by Crippen LogP contribution is -2.37. The molecule has 2 N–H and O–H groups in total. The highest BCUT2D eigenvalue weighted by Gasteiger charge is 2.19. The first kappa shape index (κ1) is 11.5. The number of ketones is 1. The summed E-state index contributed by atoms with van der Waals surface area (Å²) >= 11 is 0. The number of hydrogen-bond donors (Lipinski definition) is 1. The van der Waals surface area contributed by atoms with Crippen LogP contribution in [0.1, 0.15) is 29.6 Å². The van der Waals surface area contributed by atoms with Gasteiger partial charge in [-0.25, -0.2) is 10.9 Å². The summed E-state index contributed by atoms with van der Waals surface area (Å²) in [6.07, 6.45) is 3.42. The van der Waals surface area contributed by atoms with E-state index in [0.717, 1.165) is 11.4 Å². The Bertz CT molecular complexity index is 466. The topological polar surface area (TPSA) is 63.4 Å². The van der Waals surface area contributed by atoms with Crippen molar-refractivity contribution in [1.29, 1.82) is 0 Å². The van der Waals surface area contributed by atoms with Gasteiger partial charge in [0, 0.05) is 23.8 Å². The van der Waals surface area contributed by atoms with E-state index in [1.165, 1.54) is 6.08 Å². The van der Waals surface area contributed by atoms with E-state index in [1.54, 1.807) is 24.3 Å². The number of carbonyl (C=O) groups is 2. The van der Waals surface area contributed by atoms with Crippen molar-refractivity contribution in [3.63, 3.8) is 0 Å². The van der Waals surface area contributed by atoms with Gasteiger partial charge in [0.1, 0.15) is 0 Å². The summed E-state index contributed by atoms with van der Waals surface area (Å²) in [6.45, 7) is 0. The Morgan fingerprint density at radius 1 is 1.18 bits per heavy atom. The molecule has 0 atom stereocenters. The highest BCUT2D eigenvalue weighted by atomic mass is 16.2. The van der Waals surface area contributed by atoms with Crippen molar-refractivity contribution in [3.8, 4) is 0 Å². The van der Waals surface area contributed by atoms with E-state index in [1.807, 2.05) is 6.07 Å². The molecule has 0 saturated carbocycles. The maximum absolute atomic E-state index is 12.0. The SMILES string of the molecule is NN(C(=O)c1ccccc1)C1=CC(=O)CCC1. The number of nitrogens with two attached hydrogens (primary N) is 1. The van der Waals surface area contributed by atoms with Crippen molar-refractivity contribution in [3.05, 3.63) is 47.7 Å². The third kappa shape index (κ3) is 2.60. The number of hydrogen-bond acceptors (Lipinski definition) is 3. The van der Waals surface area contributed by atoms with Gasteiger partial charge in [0.05, 0.1) is 0 Å². The van der Waals surface area contributed by atoms with Gasteiger partial charge in [-0.2, -0.15) is 0 Å². The number of carbonyl (C=O) groups excluding carboxylic acids is 2. The Balaban J connectivity index is 2.18. The third-order valence-electron chi connectivity index (χ3n) is 2.73. The molecule has 4 nitrogen and oxygen atoms in total. The number of hydrazine groups is 1. The zero-order valence-electron chi connectivity index (χ0n) is 9.43. The minimum atomic E-state index is -0.286. The summed E-state index contributed by atoms with van der Waals surface area (Å²) in [5.41, 5.74) is 1.11. The van der Waals surface area contributed by atoms with Crippen LogP contribution in [0.25, 0.3) is 0 Å². The molecule has 2 rings (SSSR count). The number of rotatable bonds is 2. The molecule has 0 radical (unpaired) electrons. The quantitative estimate of drug-likeness (QED) is 0.477. The summed E-state index contributed by atoms with van der Waals surface area (Å²) in [5, 5.41) is 1.08. The zero-order valence-corrected chi connectivity index (χ0v) is 9.43. The first-order valence-electron chi connectivity index (χ1n) is 5.56. The summed E-state index contributed by atoms with van der Waals surface area (Å²) in [5.74, 6) is 5.49. The molecule has 0 fully saturated rings. The van der Waals surface area contributed by atoms with Crippen LogP contribution in [-0.4, -0.2) is 16.7 Å². The Morgan fingerprint density at radius 3 is 2.53 bits per heavy atom. The lowest BCUT2D eigenvalue weighted by Gasteiger charge is -2.22. The van der Waals surface area contributed by atoms with E-state index in [9.17, 15) is 9.59 Å². The third-order valence-corrected chi connectivity index (χ3v) is 2.73. The van der Waals surface area contributed by atoms with E-state index in [2.05, 4.69) is 0 Å². The molecule has 0 aliphatic heterocycles. The lowest BCUT2D eigenvalue weighted by molar-refractivity contribution is -0.115. The monoisotopic (exact) mass is 230 g/mol. The fourth-order valence-electron chi connectivity index (χ4n) is 1.81. The Morgan fingerprint density at radius 2 is 1.88 bits per heavy atom. The van der Waals surface area contributed by atoms with E-state index >= 15 is 0 Å². The largest absolute Gasteiger partial charge is 0.295 e.